The van der Waals surface area contributed by atoms with Gasteiger partial charge in [-0.25, -0.2) is 4.98 Å². The first-order chi connectivity index (χ1) is 10.5. The molecule has 0 saturated carbocycles. The van der Waals surface area contributed by atoms with Crippen molar-refractivity contribution in [2.45, 2.75) is 12.8 Å². The number of nitrogens with zero attached hydrogens (tertiary/aromatic N) is 3. The molecule has 0 radical (unpaired) electrons. The second kappa shape index (κ2) is 5.10. The number of aromatic nitrogens is 1. The molecular formula is C15H14N4O3. The summed E-state index contributed by atoms with van der Waals surface area (Å²) in [6, 6.07) is 8.99. The summed E-state index contributed by atoms with van der Waals surface area (Å²) in [5.41, 5.74) is 7.27. The molecular weight excluding hydrogens is 284 g/mol. The SMILES string of the molecule is CC1CN(c2ncc([N+](=O)[O-])cc2C(N)=O)c2ccccc21. The molecule has 1 amide bonds. The van der Waals surface area contributed by atoms with Gasteiger partial charge < -0.3 is 10.6 Å². The summed E-state index contributed by atoms with van der Waals surface area (Å²) in [7, 11) is 0. The van der Waals surface area contributed by atoms with Crippen molar-refractivity contribution in [3.8, 4) is 0 Å². The molecule has 1 unspecified atom stereocenters. The number of fused-ring (bicyclic) bond motifs is 1. The van der Waals surface area contributed by atoms with E-state index in [1.54, 1.807) is 0 Å². The topological polar surface area (TPSA) is 102 Å². The molecule has 0 bridgehead atoms. The van der Waals surface area contributed by atoms with Crippen LogP contribution in [0.25, 0.3) is 0 Å². The Morgan fingerprint density at radius 2 is 2.18 bits per heavy atom. The lowest BCUT2D eigenvalue weighted by molar-refractivity contribution is -0.385. The Bertz CT molecular complexity index is 775. The monoisotopic (exact) mass is 298 g/mol. The lowest BCUT2D eigenvalue weighted by atomic mass is 10.0. The highest BCUT2D eigenvalue weighted by molar-refractivity contribution is 5.99. The van der Waals surface area contributed by atoms with Crippen LogP contribution in [0.1, 0.15) is 28.8 Å². The maximum Gasteiger partial charge on any atom is 0.288 e. The van der Waals surface area contributed by atoms with E-state index in [9.17, 15) is 14.9 Å². The zero-order valence-electron chi connectivity index (χ0n) is 11.9. The number of pyridine rings is 1. The molecule has 2 heterocycles. The van der Waals surface area contributed by atoms with Crippen LogP contribution in [0.2, 0.25) is 0 Å². The maximum atomic E-state index is 11.7. The lowest BCUT2D eigenvalue weighted by Crippen LogP contribution is -2.22. The summed E-state index contributed by atoms with van der Waals surface area (Å²) in [6.07, 6.45) is 1.15. The minimum atomic E-state index is -0.733. The Morgan fingerprint density at radius 1 is 1.45 bits per heavy atom. The molecule has 1 aliphatic heterocycles. The van der Waals surface area contributed by atoms with Crippen molar-refractivity contribution < 1.29 is 9.72 Å². The van der Waals surface area contributed by atoms with Gasteiger partial charge in [-0.1, -0.05) is 25.1 Å². The first-order valence-corrected chi connectivity index (χ1v) is 6.79. The number of nitrogens with two attached hydrogens (primary N) is 1. The number of carbonyl (C=O) groups excluding carboxylic acids is 1. The van der Waals surface area contributed by atoms with Gasteiger partial charge in [-0.2, -0.15) is 0 Å². The van der Waals surface area contributed by atoms with E-state index in [0.717, 1.165) is 17.4 Å². The van der Waals surface area contributed by atoms with E-state index in [1.807, 2.05) is 29.2 Å². The van der Waals surface area contributed by atoms with E-state index >= 15 is 0 Å². The average molecular weight is 298 g/mol. The fourth-order valence-electron chi connectivity index (χ4n) is 2.76. The van der Waals surface area contributed by atoms with Crippen molar-refractivity contribution in [3.05, 3.63) is 57.8 Å². The number of benzene rings is 1. The summed E-state index contributed by atoms with van der Waals surface area (Å²) >= 11 is 0. The van der Waals surface area contributed by atoms with Gasteiger partial charge in [0, 0.05) is 24.2 Å². The van der Waals surface area contributed by atoms with Crippen molar-refractivity contribution >= 4 is 23.1 Å². The molecule has 2 aromatic rings. The van der Waals surface area contributed by atoms with Gasteiger partial charge >= 0.3 is 0 Å². The number of carbonyl (C=O) groups is 1. The Labute approximate surface area is 126 Å². The van der Waals surface area contributed by atoms with E-state index in [0.29, 0.717) is 12.4 Å². The van der Waals surface area contributed by atoms with Gasteiger partial charge in [0.15, 0.2) is 0 Å². The highest BCUT2D eigenvalue weighted by Gasteiger charge is 2.30. The number of nitro groups is 1. The van der Waals surface area contributed by atoms with Gasteiger partial charge in [0.25, 0.3) is 11.6 Å². The van der Waals surface area contributed by atoms with Crippen LogP contribution in [-0.2, 0) is 0 Å². The molecule has 3 rings (SSSR count). The van der Waals surface area contributed by atoms with Crippen LogP contribution >= 0.6 is 0 Å². The van der Waals surface area contributed by atoms with Crippen molar-refractivity contribution in [2.75, 3.05) is 11.4 Å². The first kappa shape index (κ1) is 14.0. The molecule has 1 atom stereocenters. The zero-order chi connectivity index (χ0) is 15.9. The average Bonchev–Trinajstić information content (AvgIpc) is 2.84. The van der Waals surface area contributed by atoms with Crippen LogP contribution in [0.15, 0.2) is 36.5 Å². The molecule has 1 aromatic carbocycles. The van der Waals surface area contributed by atoms with Crippen molar-refractivity contribution in [1.29, 1.82) is 0 Å². The minimum Gasteiger partial charge on any atom is -0.365 e. The Kier molecular flexibility index (Phi) is 3.25. The molecule has 1 aromatic heterocycles. The van der Waals surface area contributed by atoms with E-state index in [-0.39, 0.29) is 17.2 Å². The van der Waals surface area contributed by atoms with E-state index in [1.165, 1.54) is 6.07 Å². The second-order valence-corrected chi connectivity index (χ2v) is 5.26. The summed E-state index contributed by atoms with van der Waals surface area (Å²) in [5, 5.41) is 10.9. The van der Waals surface area contributed by atoms with Crippen LogP contribution in [0, 0.1) is 10.1 Å². The standard InChI is InChI=1S/C15H14N4O3/c1-9-8-18(13-5-3-2-4-11(9)13)15-12(14(16)20)6-10(7-17-15)19(21)22/h2-7,9H,8H2,1H3,(H2,16,20). The molecule has 1 aliphatic rings. The number of hydrogen-bond donors (Lipinski definition) is 1. The molecule has 7 nitrogen and oxygen atoms in total. The Balaban J connectivity index is 2.13. The number of anilines is 2. The lowest BCUT2D eigenvalue weighted by Gasteiger charge is -2.20. The first-order valence-electron chi connectivity index (χ1n) is 6.79. The molecule has 2 N–H and O–H groups in total. The van der Waals surface area contributed by atoms with Gasteiger partial charge in [-0.15, -0.1) is 0 Å². The zero-order valence-corrected chi connectivity index (χ0v) is 11.9. The fraction of sp³-hybridized carbons (Fsp3) is 0.200. The number of rotatable bonds is 3. The summed E-state index contributed by atoms with van der Waals surface area (Å²) in [4.78, 5) is 27.9. The van der Waals surface area contributed by atoms with E-state index in [2.05, 4.69) is 11.9 Å². The van der Waals surface area contributed by atoms with Gasteiger partial charge in [0.2, 0.25) is 0 Å². The highest BCUT2D eigenvalue weighted by atomic mass is 16.6. The van der Waals surface area contributed by atoms with Crippen molar-refractivity contribution in [2.24, 2.45) is 5.73 Å². The van der Waals surface area contributed by atoms with Gasteiger partial charge in [-0.05, 0) is 11.6 Å². The normalized spacial score (nSPS) is 16.4. The molecule has 112 valence electrons. The van der Waals surface area contributed by atoms with Gasteiger partial charge in [0.05, 0.1) is 10.5 Å². The Morgan fingerprint density at radius 3 is 2.86 bits per heavy atom. The molecule has 0 aliphatic carbocycles. The van der Waals surface area contributed by atoms with Crippen LogP contribution in [0.5, 0.6) is 0 Å². The number of amides is 1. The Hall–Kier alpha value is -2.96. The number of primary amides is 1. The highest BCUT2D eigenvalue weighted by Crippen LogP contribution is 2.41. The second-order valence-electron chi connectivity index (χ2n) is 5.26. The summed E-state index contributed by atoms with van der Waals surface area (Å²) in [6.45, 7) is 2.72. The number of para-hydroxylation sites is 1. The molecule has 0 saturated heterocycles. The van der Waals surface area contributed by atoms with Crippen LogP contribution in [0.3, 0.4) is 0 Å². The molecule has 22 heavy (non-hydrogen) atoms. The molecule has 0 fully saturated rings. The third-order valence-electron chi connectivity index (χ3n) is 3.80. The van der Waals surface area contributed by atoms with E-state index < -0.39 is 10.8 Å². The number of hydrogen-bond acceptors (Lipinski definition) is 5. The minimum absolute atomic E-state index is 0.0538. The smallest absolute Gasteiger partial charge is 0.288 e. The third kappa shape index (κ3) is 2.16. The van der Waals surface area contributed by atoms with Crippen molar-refractivity contribution in [3.63, 3.8) is 0 Å². The predicted molar refractivity (Wildman–Crippen MR) is 81.3 cm³/mol. The van der Waals surface area contributed by atoms with Crippen LogP contribution in [-0.4, -0.2) is 22.4 Å². The van der Waals surface area contributed by atoms with E-state index in [4.69, 9.17) is 5.73 Å². The molecule has 7 heteroatoms. The van der Waals surface area contributed by atoms with Crippen LogP contribution in [0.4, 0.5) is 17.2 Å². The van der Waals surface area contributed by atoms with Gasteiger partial charge in [0.1, 0.15) is 12.0 Å². The predicted octanol–water partition coefficient (Wildman–Crippen LogP) is 2.34. The quantitative estimate of drug-likeness (QED) is 0.692. The maximum absolute atomic E-state index is 11.7. The third-order valence-corrected chi connectivity index (χ3v) is 3.80. The largest absolute Gasteiger partial charge is 0.365 e. The summed E-state index contributed by atoms with van der Waals surface area (Å²) in [5.74, 6) is -0.105. The van der Waals surface area contributed by atoms with Crippen LogP contribution < -0.4 is 10.6 Å². The molecule has 0 spiro atoms. The van der Waals surface area contributed by atoms with Crippen molar-refractivity contribution in [1.82, 2.24) is 4.98 Å². The fourth-order valence-corrected chi connectivity index (χ4v) is 2.76. The summed E-state index contributed by atoms with van der Waals surface area (Å²) < 4.78 is 0. The van der Waals surface area contributed by atoms with Gasteiger partial charge in [-0.3, -0.25) is 14.9 Å².